The molecule has 1 aliphatic heterocycles. The average Bonchev–Trinajstić information content (AvgIpc) is 2.66. The lowest BCUT2D eigenvalue weighted by Gasteiger charge is -2.30. The van der Waals surface area contributed by atoms with E-state index in [1.165, 1.54) is 6.33 Å². The second-order valence-corrected chi connectivity index (χ2v) is 6.20. The van der Waals surface area contributed by atoms with E-state index in [0.717, 1.165) is 27.1 Å². The number of urea groups is 1. The first-order valence-electron chi connectivity index (χ1n) is 5.92. The maximum Gasteiger partial charge on any atom is 0.317 e. The predicted octanol–water partition coefficient (Wildman–Crippen LogP) is 2.03. The quantitative estimate of drug-likeness (QED) is 0.835. The van der Waals surface area contributed by atoms with Crippen molar-refractivity contribution in [2.75, 3.05) is 5.32 Å². The molecule has 6 nitrogen and oxygen atoms in total. The summed E-state index contributed by atoms with van der Waals surface area (Å²) in [4.78, 5) is 21.4. The van der Waals surface area contributed by atoms with Gasteiger partial charge < -0.3 is 10.5 Å². The topological polar surface area (TPSA) is 90.1 Å². The number of nitrogens with zero attached hydrogens (tertiary/aromatic N) is 2. The Hall–Kier alpha value is -1.73. The zero-order chi connectivity index (χ0) is 13.6. The Bertz CT molecular complexity index is 665. The van der Waals surface area contributed by atoms with Crippen LogP contribution >= 0.6 is 11.3 Å². The van der Waals surface area contributed by atoms with Crippen molar-refractivity contribution >= 4 is 33.4 Å². The van der Waals surface area contributed by atoms with Crippen molar-refractivity contribution in [1.82, 2.24) is 9.97 Å². The summed E-state index contributed by atoms with van der Waals surface area (Å²) in [7, 11) is 0. The summed E-state index contributed by atoms with van der Waals surface area (Å²) in [5.74, 6) is 0.479. The van der Waals surface area contributed by atoms with Gasteiger partial charge in [0.15, 0.2) is 0 Å². The standard InChI is InChI=1S/C12H14N4O2S/c1-12(2)3-6-7(4-18-12)19-10-8(6)9(14-5-15-10)16-11(13)17/h5H,3-4H2,1-2H3,(H3,13,14,15,16,17). The summed E-state index contributed by atoms with van der Waals surface area (Å²) < 4.78 is 5.79. The monoisotopic (exact) mass is 278 g/mol. The van der Waals surface area contributed by atoms with E-state index in [1.807, 2.05) is 13.8 Å². The minimum Gasteiger partial charge on any atom is -0.370 e. The molecular weight excluding hydrogens is 264 g/mol. The van der Waals surface area contributed by atoms with Gasteiger partial charge in [0.2, 0.25) is 0 Å². The Morgan fingerprint density at radius 1 is 1.53 bits per heavy atom. The van der Waals surface area contributed by atoms with Crippen LogP contribution in [-0.4, -0.2) is 21.6 Å². The SMILES string of the molecule is CC1(C)Cc2c(sc3ncnc(NC(N)=O)c23)CO1. The van der Waals surface area contributed by atoms with Gasteiger partial charge in [-0.15, -0.1) is 11.3 Å². The zero-order valence-corrected chi connectivity index (χ0v) is 11.5. The number of nitrogens with one attached hydrogen (secondary N) is 1. The van der Waals surface area contributed by atoms with Crippen LogP contribution in [0.5, 0.6) is 0 Å². The van der Waals surface area contributed by atoms with Crippen molar-refractivity contribution < 1.29 is 9.53 Å². The third kappa shape index (κ3) is 2.15. The highest BCUT2D eigenvalue weighted by molar-refractivity contribution is 7.18. The number of amides is 2. The third-order valence-electron chi connectivity index (χ3n) is 3.11. The van der Waals surface area contributed by atoms with E-state index in [0.29, 0.717) is 12.4 Å². The van der Waals surface area contributed by atoms with Crippen LogP contribution in [-0.2, 0) is 17.8 Å². The molecule has 0 unspecified atom stereocenters. The largest absolute Gasteiger partial charge is 0.370 e. The van der Waals surface area contributed by atoms with Crippen molar-refractivity contribution in [3.05, 3.63) is 16.8 Å². The highest BCUT2D eigenvalue weighted by Gasteiger charge is 2.30. The molecule has 100 valence electrons. The molecule has 2 aromatic rings. The first kappa shape index (κ1) is 12.3. The normalized spacial score (nSPS) is 17.2. The zero-order valence-electron chi connectivity index (χ0n) is 10.7. The predicted molar refractivity (Wildman–Crippen MR) is 73.2 cm³/mol. The minimum atomic E-state index is -0.619. The third-order valence-corrected chi connectivity index (χ3v) is 4.22. The number of nitrogens with two attached hydrogens (primary N) is 1. The number of rotatable bonds is 1. The van der Waals surface area contributed by atoms with Crippen LogP contribution in [0.25, 0.3) is 10.2 Å². The molecule has 3 N–H and O–H groups in total. The average molecular weight is 278 g/mol. The van der Waals surface area contributed by atoms with Crippen molar-refractivity contribution in [2.45, 2.75) is 32.5 Å². The number of fused-ring (bicyclic) bond motifs is 3. The molecule has 2 amide bonds. The van der Waals surface area contributed by atoms with Gasteiger partial charge in [-0.2, -0.15) is 0 Å². The van der Waals surface area contributed by atoms with E-state index in [4.69, 9.17) is 10.5 Å². The number of primary amides is 1. The number of thiophene rings is 1. The molecule has 0 spiro atoms. The smallest absolute Gasteiger partial charge is 0.317 e. The molecule has 2 aromatic heterocycles. The number of anilines is 1. The summed E-state index contributed by atoms with van der Waals surface area (Å²) in [5.41, 5.74) is 6.11. The van der Waals surface area contributed by atoms with Gasteiger partial charge in [0, 0.05) is 11.3 Å². The summed E-state index contributed by atoms with van der Waals surface area (Å²) in [6.45, 7) is 4.66. The molecule has 3 heterocycles. The number of hydrogen-bond donors (Lipinski definition) is 2. The van der Waals surface area contributed by atoms with Crippen LogP contribution in [0, 0.1) is 0 Å². The number of aromatic nitrogens is 2. The number of ether oxygens (including phenoxy) is 1. The van der Waals surface area contributed by atoms with Crippen LogP contribution in [0.2, 0.25) is 0 Å². The Morgan fingerprint density at radius 3 is 3.05 bits per heavy atom. The van der Waals surface area contributed by atoms with Crippen LogP contribution in [0.4, 0.5) is 10.6 Å². The van der Waals surface area contributed by atoms with Crippen molar-refractivity contribution in [3.8, 4) is 0 Å². The summed E-state index contributed by atoms with van der Waals surface area (Å²) in [6.07, 6.45) is 2.20. The van der Waals surface area contributed by atoms with Gasteiger partial charge in [-0.05, 0) is 19.4 Å². The lowest BCUT2D eigenvalue weighted by molar-refractivity contribution is -0.0379. The van der Waals surface area contributed by atoms with Crippen molar-refractivity contribution in [3.63, 3.8) is 0 Å². The van der Waals surface area contributed by atoms with Gasteiger partial charge in [0.25, 0.3) is 0 Å². The van der Waals surface area contributed by atoms with Crippen molar-refractivity contribution in [1.29, 1.82) is 0 Å². The molecule has 19 heavy (non-hydrogen) atoms. The van der Waals surface area contributed by atoms with E-state index in [9.17, 15) is 4.79 Å². The van der Waals surface area contributed by atoms with E-state index in [1.54, 1.807) is 11.3 Å². The summed E-state index contributed by atoms with van der Waals surface area (Å²) in [5, 5.41) is 3.45. The lowest BCUT2D eigenvalue weighted by atomic mass is 9.94. The van der Waals surface area contributed by atoms with Gasteiger partial charge in [-0.3, -0.25) is 5.32 Å². The molecule has 3 rings (SSSR count). The second-order valence-electron chi connectivity index (χ2n) is 5.12. The number of hydrogen-bond acceptors (Lipinski definition) is 5. The first-order chi connectivity index (χ1) is 8.96. The fraction of sp³-hybridized carbons (Fsp3) is 0.417. The molecular formula is C12H14N4O2S. The van der Waals surface area contributed by atoms with E-state index in [2.05, 4.69) is 15.3 Å². The van der Waals surface area contributed by atoms with Gasteiger partial charge in [-0.1, -0.05) is 0 Å². The first-order valence-corrected chi connectivity index (χ1v) is 6.73. The Balaban J connectivity index is 2.19. The molecule has 0 aliphatic carbocycles. The number of carbonyl (C=O) groups is 1. The molecule has 1 aliphatic rings. The summed E-state index contributed by atoms with van der Waals surface area (Å²) >= 11 is 1.57. The maximum atomic E-state index is 11.1. The van der Waals surface area contributed by atoms with Gasteiger partial charge in [0.05, 0.1) is 17.6 Å². The van der Waals surface area contributed by atoms with Crippen molar-refractivity contribution in [2.24, 2.45) is 5.73 Å². The molecule has 0 saturated carbocycles. The van der Waals surface area contributed by atoms with Crippen LogP contribution in [0.3, 0.4) is 0 Å². The van der Waals surface area contributed by atoms with Crippen LogP contribution in [0.1, 0.15) is 24.3 Å². The Kier molecular flexibility index (Phi) is 2.68. The van der Waals surface area contributed by atoms with Crippen LogP contribution in [0.15, 0.2) is 6.33 Å². The van der Waals surface area contributed by atoms with E-state index in [-0.39, 0.29) is 5.60 Å². The fourth-order valence-corrected chi connectivity index (χ4v) is 3.36. The molecule has 7 heteroatoms. The number of carbonyl (C=O) groups excluding carboxylic acids is 1. The molecule has 0 bridgehead atoms. The van der Waals surface area contributed by atoms with Gasteiger partial charge >= 0.3 is 6.03 Å². The fourth-order valence-electron chi connectivity index (χ4n) is 2.29. The minimum absolute atomic E-state index is 0.221. The van der Waals surface area contributed by atoms with Gasteiger partial charge in [0.1, 0.15) is 17.0 Å². The molecule has 0 fully saturated rings. The molecule has 0 atom stereocenters. The Morgan fingerprint density at radius 2 is 2.32 bits per heavy atom. The van der Waals surface area contributed by atoms with E-state index < -0.39 is 6.03 Å². The lowest BCUT2D eigenvalue weighted by Crippen LogP contribution is -2.31. The molecule has 0 aromatic carbocycles. The van der Waals surface area contributed by atoms with Gasteiger partial charge in [-0.25, -0.2) is 14.8 Å². The maximum absolute atomic E-state index is 11.1. The van der Waals surface area contributed by atoms with Crippen LogP contribution < -0.4 is 11.1 Å². The van der Waals surface area contributed by atoms with E-state index >= 15 is 0 Å². The Labute approximate surface area is 114 Å². The highest BCUT2D eigenvalue weighted by atomic mass is 32.1. The summed E-state index contributed by atoms with van der Waals surface area (Å²) in [6, 6.07) is -0.619. The second kappa shape index (κ2) is 4.14. The molecule has 0 radical (unpaired) electrons. The highest BCUT2D eigenvalue weighted by Crippen LogP contribution is 2.40. The molecule has 0 saturated heterocycles.